The van der Waals surface area contributed by atoms with Gasteiger partial charge in [-0.15, -0.1) is 0 Å². The summed E-state index contributed by atoms with van der Waals surface area (Å²) in [5, 5.41) is 0. The molecule has 2 fully saturated rings. The molecule has 0 bridgehead atoms. The fraction of sp³-hybridized carbons (Fsp3) is 0.750. The van der Waals surface area contributed by atoms with Gasteiger partial charge < -0.3 is 19.4 Å². The lowest BCUT2D eigenvalue weighted by molar-refractivity contribution is 0.0512. The van der Waals surface area contributed by atoms with Crippen LogP contribution in [0.2, 0.25) is 0 Å². The van der Waals surface area contributed by atoms with Crippen molar-refractivity contribution in [1.29, 1.82) is 0 Å². The van der Waals surface area contributed by atoms with Gasteiger partial charge >= 0.3 is 0 Å². The van der Waals surface area contributed by atoms with Crippen LogP contribution < -0.4 is 5.56 Å². The summed E-state index contributed by atoms with van der Waals surface area (Å²) in [4.78, 5) is 20.7. The minimum Gasteiger partial charge on any atom is -0.381 e. The lowest BCUT2D eigenvalue weighted by Crippen LogP contribution is -2.36. The van der Waals surface area contributed by atoms with Crippen molar-refractivity contribution in [3.05, 3.63) is 28.4 Å². The molecule has 1 aromatic heterocycles. The first-order chi connectivity index (χ1) is 10.8. The van der Waals surface area contributed by atoms with Gasteiger partial charge in [0.2, 0.25) is 0 Å². The predicted molar refractivity (Wildman–Crippen MR) is 82.9 cm³/mol. The number of hydrogen-bond acceptors (Lipinski definition) is 5. The van der Waals surface area contributed by atoms with E-state index in [-0.39, 0.29) is 5.56 Å². The topological polar surface area (TPSA) is 67.4 Å². The zero-order valence-corrected chi connectivity index (χ0v) is 13.0. The van der Waals surface area contributed by atoms with Crippen molar-refractivity contribution >= 4 is 0 Å². The molecule has 22 heavy (non-hydrogen) atoms. The van der Waals surface area contributed by atoms with Gasteiger partial charge in [-0.1, -0.05) is 0 Å². The Balaban J connectivity index is 1.56. The van der Waals surface area contributed by atoms with Crippen molar-refractivity contribution in [2.75, 3.05) is 46.1 Å². The van der Waals surface area contributed by atoms with E-state index in [1.807, 2.05) is 0 Å². The molecule has 3 heterocycles. The standard InChI is InChI=1S/C16H25N3O3/c20-16-8-15(17-12-18-16)7-14-10-19(3-6-22-11-14)9-13-1-4-21-5-2-13/h8,12-14H,1-7,9-11H2,(H,17,18,20)/t14-/m0/s1. The van der Waals surface area contributed by atoms with Crippen molar-refractivity contribution in [2.45, 2.75) is 19.3 Å². The minimum absolute atomic E-state index is 0.0846. The zero-order valence-electron chi connectivity index (χ0n) is 13.0. The van der Waals surface area contributed by atoms with Crippen molar-refractivity contribution in [1.82, 2.24) is 14.9 Å². The lowest BCUT2D eigenvalue weighted by atomic mass is 9.98. The maximum Gasteiger partial charge on any atom is 0.250 e. The van der Waals surface area contributed by atoms with Crippen LogP contribution in [0.1, 0.15) is 18.5 Å². The summed E-state index contributed by atoms with van der Waals surface area (Å²) < 4.78 is 11.2. The van der Waals surface area contributed by atoms with Crippen LogP contribution in [0.25, 0.3) is 0 Å². The molecule has 1 N–H and O–H groups in total. The Morgan fingerprint density at radius 3 is 2.91 bits per heavy atom. The highest BCUT2D eigenvalue weighted by Gasteiger charge is 2.23. The van der Waals surface area contributed by atoms with E-state index in [1.165, 1.54) is 6.33 Å². The van der Waals surface area contributed by atoms with Gasteiger partial charge in [-0.3, -0.25) is 4.79 Å². The fourth-order valence-corrected chi connectivity index (χ4v) is 3.35. The monoisotopic (exact) mass is 307 g/mol. The van der Waals surface area contributed by atoms with Gasteiger partial charge in [0, 0.05) is 50.5 Å². The molecule has 2 aliphatic rings. The minimum atomic E-state index is -0.0846. The van der Waals surface area contributed by atoms with Gasteiger partial charge in [0.25, 0.3) is 5.56 Å². The number of H-pyrrole nitrogens is 1. The molecule has 6 heteroatoms. The molecule has 122 valence electrons. The van der Waals surface area contributed by atoms with Crippen LogP contribution in [-0.4, -0.2) is 60.9 Å². The summed E-state index contributed by atoms with van der Waals surface area (Å²) in [5.74, 6) is 1.14. The van der Waals surface area contributed by atoms with Gasteiger partial charge in [-0.2, -0.15) is 0 Å². The quantitative estimate of drug-likeness (QED) is 0.886. The number of nitrogens with one attached hydrogen (secondary N) is 1. The van der Waals surface area contributed by atoms with E-state index in [9.17, 15) is 4.79 Å². The van der Waals surface area contributed by atoms with E-state index in [2.05, 4.69) is 14.9 Å². The number of aromatic amines is 1. The highest BCUT2D eigenvalue weighted by molar-refractivity contribution is 5.00. The van der Waals surface area contributed by atoms with Crippen LogP contribution >= 0.6 is 0 Å². The van der Waals surface area contributed by atoms with Crippen LogP contribution in [-0.2, 0) is 15.9 Å². The van der Waals surface area contributed by atoms with Crippen LogP contribution in [0.15, 0.2) is 17.2 Å². The van der Waals surface area contributed by atoms with E-state index < -0.39 is 0 Å². The first-order valence-corrected chi connectivity index (χ1v) is 8.21. The molecular formula is C16H25N3O3. The van der Waals surface area contributed by atoms with Crippen LogP contribution in [0.5, 0.6) is 0 Å². The predicted octanol–water partition coefficient (Wildman–Crippen LogP) is 0.687. The average Bonchev–Trinajstić information content (AvgIpc) is 2.73. The van der Waals surface area contributed by atoms with Gasteiger partial charge in [0.15, 0.2) is 0 Å². The Morgan fingerprint density at radius 2 is 2.09 bits per heavy atom. The highest BCUT2D eigenvalue weighted by atomic mass is 16.5. The van der Waals surface area contributed by atoms with Crippen molar-refractivity contribution in [3.63, 3.8) is 0 Å². The third-order valence-corrected chi connectivity index (χ3v) is 4.51. The molecule has 2 aliphatic heterocycles. The Labute approximate surface area is 130 Å². The average molecular weight is 307 g/mol. The second-order valence-corrected chi connectivity index (χ2v) is 6.36. The molecule has 0 unspecified atom stereocenters. The molecule has 0 amide bonds. The number of hydrogen-bond donors (Lipinski definition) is 1. The van der Waals surface area contributed by atoms with Gasteiger partial charge in [-0.05, 0) is 25.2 Å². The molecule has 1 aromatic rings. The van der Waals surface area contributed by atoms with E-state index in [0.29, 0.717) is 5.92 Å². The van der Waals surface area contributed by atoms with Crippen molar-refractivity contribution < 1.29 is 9.47 Å². The molecule has 0 radical (unpaired) electrons. The summed E-state index contributed by atoms with van der Waals surface area (Å²) in [6.45, 7) is 6.49. The molecule has 2 saturated heterocycles. The Bertz CT molecular complexity index is 513. The van der Waals surface area contributed by atoms with E-state index in [0.717, 1.165) is 76.9 Å². The molecule has 6 nitrogen and oxygen atoms in total. The first kappa shape index (κ1) is 15.6. The molecule has 0 spiro atoms. The highest BCUT2D eigenvalue weighted by Crippen LogP contribution is 2.19. The molecule has 0 aromatic carbocycles. The SMILES string of the molecule is O=c1cc(C[C@@H]2COCCN(CC3CCOCC3)C2)nc[nH]1. The summed E-state index contributed by atoms with van der Waals surface area (Å²) >= 11 is 0. The summed E-state index contributed by atoms with van der Waals surface area (Å²) in [6.07, 6.45) is 4.61. The van der Waals surface area contributed by atoms with Crippen LogP contribution in [0.4, 0.5) is 0 Å². The molecule has 3 rings (SSSR count). The van der Waals surface area contributed by atoms with Crippen LogP contribution in [0, 0.1) is 11.8 Å². The zero-order chi connectivity index (χ0) is 15.2. The maximum atomic E-state index is 11.4. The van der Waals surface area contributed by atoms with E-state index in [1.54, 1.807) is 6.07 Å². The summed E-state index contributed by atoms with van der Waals surface area (Å²) in [7, 11) is 0. The van der Waals surface area contributed by atoms with Crippen LogP contribution in [0.3, 0.4) is 0 Å². The Kier molecular flexibility index (Phi) is 5.58. The van der Waals surface area contributed by atoms with Crippen molar-refractivity contribution in [3.8, 4) is 0 Å². The number of rotatable bonds is 4. The fourth-order valence-electron chi connectivity index (χ4n) is 3.35. The van der Waals surface area contributed by atoms with Gasteiger partial charge in [-0.25, -0.2) is 4.98 Å². The van der Waals surface area contributed by atoms with Gasteiger partial charge in [0.05, 0.1) is 19.5 Å². The smallest absolute Gasteiger partial charge is 0.250 e. The van der Waals surface area contributed by atoms with Gasteiger partial charge in [0.1, 0.15) is 0 Å². The Morgan fingerprint density at radius 1 is 1.23 bits per heavy atom. The summed E-state index contributed by atoms with van der Waals surface area (Å²) in [6, 6.07) is 1.59. The third-order valence-electron chi connectivity index (χ3n) is 4.51. The largest absolute Gasteiger partial charge is 0.381 e. The number of nitrogens with zero attached hydrogens (tertiary/aromatic N) is 2. The first-order valence-electron chi connectivity index (χ1n) is 8.21. The molecule has 0 aliphatic carbocycles. The number of aromatic nitrogens is 2. The van der Waals surface area contributed by atoms with Crippen molar-refractivity contribution in [2.24, 2.45) is 11.8 Å². The van der Waals surface area contributed by atoms with E-state index >= 15 is 0 Å². The Hall–Kier alpha value is -1.24. The second-order valence-electron chi connectivity index (χ2n) is 6.36. The number of ether oxygens (including phenoxy) is 2. The normalized spacial score (nSPS) is 25.0. The van der Waals surface area contributed by atoms with E-state index in [4.69, 9.17) is 9.47 Å². The molecule has 0 saturated carbocycles. The lowest BCUT2D eigenvalue weighted by Gasteiger charge is -2.30. The summed E-state index contributed by atoms with van der Waals surface area (Å²) in [5.41, 5.74) is 0.767. The maximum absolute atomic E-state index is 11.4. The molecular weight excluding hydrogens is 282 g/mol. The second kappa shape index (κ2) is 7.85. The third kappa shape index (κ3) is 4.63. The molecule has 1 atom stereocenters.